The molecule has 4 heteroatoms. The molecule has 1 N–H and O–H groups in total. The molecule has 0 spiro atoms. The number of allylic oxidation sites excluding steroid dienone is 1. The standard InChI is InChI=1S/C25H30O4/c1-24(2,3)19-14-18(15-20(22(19)29-7)25(4,5)6)21(26)13-10-16-8-11-17(12-9-16)23(27)28/h8-15H,1-7H3,(H,27,28). The second kappa shape index (κ2) is 8.24. The number of carboxylic acids is 1. The summed E-state index contributed by atoms with van der Waals surface area (Å²) in [6.45, 7) is 12.6. The van der Waals surface area contributed by atoms with Crippen LogP contribution in [0.25, 0.3) is 6.08 Å². The number of hydrogen-bond acceptors (Lipinski definition) is 3. The second-order valence-electron chi connectivity index (χ2n) is 9.23. The second-order valence-corrected chi connectivity index (χ2v) is 9.23. The fourth-order valence-electron chi connectivity index (χ4n) is 3.11. The van der Waals surface area contributed by atoms with Gasteiger partial charge in [0.25, 0.3) is 0 Å². The van der Waals surface area contributed by atoms with Crippen LogP contribution < -0.4 is 4.74 Å². The van der Waals surface area contributed by atoms with Crippen molar-refractivity contribution in [3.63, 3.8) is 0 Å². The first kappa shape index (κ1) is 22.4. The number of hydrogen-bond donors (Lipinski definition) is 1. The number of rotatable bonds is 5. The molecule has 0 saturated carbocycles. The van der Waals surface area contributed by atoms with E-state index in [1.165, 1.54) is 18.2 Å². The van der Waals surface area contributed by atoms with Crippen molar-refractivity contribution >= 4 is 17.8 Å². The van der Waals surface area contributed by atoms with E-state index >= 15 is 0 Å². The predicted molar refractivity (Wildman–Crippen MR) is 117 cm³/mol. The molecule has 2 rings (SSSR count). The van der Waals surface area contributed by atoms with Crippen LogP contribution in [0.3, 0.4) is 0 Å². The maximum absolute atomic E-state index is 12.9. The lowest BCUT2D eigenvalue weighted by atomic mass is 9.78. The Balaban J connectivity index is 2.47. The summed E-state index contributed by atoms with van der Waals surface area (Å²) < 4.78 is 5.75. The highest BCUT2D eigenvalue weighted by atomic mass is 16.5. The van der Waals surface area contributed by atoms with E-state index in [1.807, 2.05) is 12.1 Å². The molecular weight excluding hydrogens is 364 g/mol. The van der Waals surface area contributed by atoms with Gasteiger partial charge in [0.15, 0.2) is 5.78 Å². The third kappa shape index (κ3) is 5.35. The Hall–Kier alpha value is -2.88. The number of aromatic carboxylic acids is 1. The molecule has 154 valence electrons. The number of ketones is 1. The van der Waals surface area contributed by atoms with Crippen molar-refractivity contribution in [1.82, 2.24) is 0 Å². The molecule has 0 aliphatic heterocycles. The Morgan fingerprint density at radius 2 is 1.34 bits per heavy atom. The van der Waals surface area contributed by atoms with Gasteiger partial charge < -0.3 is 9.84 Å². The van der Waals surface area contributed by atoms with Crippen LogP contribution in [0.2, 0.25) is 0 Å². The molecule has 0 bridgehead atoms. The van der Waals surface area contributed by atoms with E-state index < -0.39 is 5.97 Å². The van der Waals surface area contributed by atoms with Crippen LogP contribution >= 0.6 is 0 Å². The number of methoxy groups -OCH3 is 1. The third-order valence-electron chi connectivity index (χ3n) is 4.78. The van der Waals surface area contributed by atoms with Gasteiger partial charge in [-0.1, -0.05) is 59.8 Å². The largest absolute Gasteiger partial charge is 0.496 e. The maximum Gasteiger partial charge on any atom is 0.335 e. The number of ether oxygens (including phenoxy) is 1. The van der Waals surface area contributed by atoms with E-state index in [2.05, 4.69) is 41.5 Å². The molecule has 0 fully saturated rings. The third-order valence-corrected chi connectivity index (χ3v) is 4.78. The van der Waals surface area contributed by atoms with E-state index in [-0.39, 0.29) is 22.2 Å². The Labute approximate surface area is 173 Å². The van der Waals surface area contributed by atoms with Gasteiger partial charge in [0, 0.05) is 16.7 Å². The molecule has 0 aliphatic carbocycles. The van der Waals surface area contributed by atoms with Gasteiger partial charge in [-0.3, -0.25) is 4.79 Å². The van der Waals surface area contributed by atoms with Crippen LogP contribution in [-0.2, 0) is 10.8 Å². The maximum atomic E-state index is 12.9. The average molecular weight is 395 g/mol. The normalized spacial score (nSPS) is 12.2. The summed E-state index contributed by atoms with van der Waals surface area (Å²) >= 11 is 0. The fraction of sp³-hybridized carbons (Fsp3) is 0.360. The first-order chi connectivity index (χ1) is 13.3. The van der Waals surface area contributed by atoms with Gasteiger partial charge in [-0.25, -0.2) is 4.79 Å². The molecule has 2 aromatic carbocycles. The smallest absolute Gasteiger partial charge is 0.335 e. The number of carbonyl (C=O) groups excluding carboxylic acids is 1. The molecule has 2 aromatic rings. The lowest BCUT2D eigenvalue weighted by molar-refractivity contribution is 0.0696. The Morgan fingerprint density at radius 1 is 0.862 bits per heavy atom. The zero-order valence-corrected chi connectivity index (χ0v) is 18.3. The van der Waals surface area contributed by atoms with Crippen LogP contribution in [-0.4, -0.2) is 24.0 Å². The minimum Gasteiger partial charge on any atom is -0.496 e. The number of benzene rings is 2. The first-order valence-corrected chi connectivity index (χ1v) is 9.63. The van der Waals surface area contributed by atoms with Crippen LogP contribution in [0.5, 0.6) is 5.75 Å². The zero-order valence-electron chi connectivity index (χ0n) is 18.3. The molecule has 0 radical (unpaired) electrons. The van der Waals surface area contributed by atoms with E-state index in [9.17, 15) is 9.59 Å². The zero-order chi connectivity index (χ0) is 22.0. The summed E-state index contributed by atoms with van der Waals surface area (Å²) in [6.07, 6.45) is 3.22. The molecule has 0 atom stereocenters. The van der Waals surface area contributed by atoms with Crippen molar-refractivity contribution in [2.45, 2.75) is 52.4 Å². The fourth-order valence-corrected chi connectivity index (χ4v) is 3.11. The average Bonchev–Trinajstić information content (AvgIpc) is 2.63. The van der Waals surface area contributed by atoms with Gasteiger partial charge in [0.2, 0.25) is 0 Å². The Bertz CT molecular complexity index is 901. The molecule has 4 nitrogen and oxygen atoms in total. The van der Waals surface area contributed by atoms with E-state index in [1.54, 1.807) is 25.3 Å². The topological polar surface area (TPSA) is 63.6 Å². The lowest BCUT2D eigenvalue weighted by Crippen LogP contribution is -2.20. The van der Waals surface area contributed by atoms with Gasteiger partial charge in [0.1, 0.15) is 5.75 Å². The highest BCUT2D eigenvalue weighted by Crippen LogP contribution is 2.40. The monoisotopic (exact) mass is 394 g/mol. The van der Waals surface area contributed by atoms with Crippen LogP contribution in [0.15, 0.2) is 42.5 Å². The van der Waals surface area contributed by atoms with Crippen molar-refractivity contribution in [2.24, 2.45) is 0 Å². The van der Waals surface area contributed by atoms with Crippen molar-refractivity contribution in [2.75, 3.05) is 7.11 Å². The summed E-state index contributed by atoms with van der Waals surface area (Å²) in [7, 11) is 1.67. The molecule has 0 amide bonds. The van der Waals surface area contributed by atoms with Crippen molar-refractivity contribution in [3.8, 4) is 5.75 Å². The van der Waals surface area contributed by atoms with Crippen molar-refractivity contribution < 1.29 is 19.4 Å². The minimum absolute atomic E-state index is 0.106. The molecule has 29 heavy (non-hydrogen) atoms. The summed E-state index contributed by atoms with van der Waals surface area (Å²) in [4.78, 5) is 23.9. The number of carboxylic acid groups (broad SMARTS) is 1. The molecule has 0 saturated heterocycles. The molecule has 0 heterocycles. The van der Waals surface area contributed by atoms with E-state index in [0.717, 1.165) is 22.4 Å². The summed E-state index contributed by atoms with van der Waals surface area (Å²) in [5, 5.41) is 8.99. The predicted octanol–water partition coefficient (Wildman–Crippen LogP) is 5.88. The quantitative estimate of drug-likeness (QED) is 0.508. The van der Waals surface area contributed by atoms with Crippen LogP contribution in [0.1, 0.15) is 78.9 Å². The summed E-state index contributed by atoms with van der Waals surface area (Å²) in [5.74, 6) is -0.250. The SMILES string of the molecule is COc1c(C(C)(C)C)cc(C(=O)C=Cc2ccc(C(=O)O)cc2)cc1C(C)(C)C. The first-order valence-electron chi connectivity index (χ1n) is 9.63. The highest BCUT2D eigenvalue weighted by Gasteiger charge is 2.28. The van der Waals surface area contributed by atoms with Gasteiger partial charge in [-0.15, -0.1) is 0 Å². The van der Waals surface area contributed by atoms with Gasteiger partial charge in [0.05, 0.1) is 12.7 Å². The molecule has 0 unspecified atom stereocenters. The molecular formula is C25H30O4. The Morgan fingerprint density at radius 3 is 1.72 bits per heavy atom. The lowest BCUT2D eigenvalue weighted by Gasteiger charge is -2.29. The Kier molecular flexibility index (Phi) is 6.37. The van der Waals surface area contributed by atoms with Gasteiger partial charge in [-0.05, 0) is 46.7 Å². The van der Waals surface area contributed by atoms with Crippen molar-refractivity contribution in [1.29, 1.82) is 0 Å². The molecule has 0 aliphatic rings. The van der Waals surface area contributed by atoms with E-state index in [4.69, 9.17) is 9.84 Å². The summed E-state index contributed by atoms with van der Waals surface area (Å²) in [6, 6.07) is 10.2. The van der Waals surface area contributed by atoms with E-state index in [0.29, 0.717) is 5.56 Å². The van der Waals surface area contributed by atoms with Crippen molar-refractivity contribution in [3.05, 3.63) is 70.3 Å². The van der Waals surface area contributed by atoms with Gasteiger partial charge >= 0.3 is 5.97 Å². The molecule has 0 aromatic heterocycles. The highest BCUT2D eigenvalue weighted by molar-refractivity contribution is 6.07. The van der Waals surface area contributed by atoms with Gasteiger partial charge in [-0.2, -0.15) is 0 Å². The summed E-state index contributed by atoms with van der Waals surface area (Å²) in [5.41, 5.74) is 3.22. The minimum atomic E-state index is -0.973. The van der Waals surface area contributed by atoms with Crippen LogP contribution in [0, 0.1) is 0 Å². The number of carbonyl (C=O) groups is 2. The van der Waals surface area contributed by atoms with Crippen LogP contribution in [0.4, 0.5) is 0 Å².